The van der Waals surface area contributed by atoms with E-state index in [0.29, 0.717) is 51.2 Å². The Morgan fingerprint density at radius 1 is 1.16 bits per heavy atom. The number of aromatic nitrogens is 3. The number of hydrogen-bond donors (Lipinski definition) is 1. The Kier molecular flexibility index (Phi) is 6.34. The second-order valence-corrected chi connectivity index (χ2v) is 12.3. The number of pyridine rings is 1. The number of fused-ring (bicyclic) bond motifs is 2. The van der Waals surface area contributed by atoms with Crippen LogP contribution in [0.5, 0.6) is 0 Å². The minimum absolute atomic E-state index is 0.150. The summed E-state index contributed by atoms with van der Waals surface area (Å²) in [6, 6.07) is 7.86. The van der Waals surface area contributed by atoms with Gasteiger partial charge in [-0.2, -0.15) is 9.40 Å². The number of aliphatic hydroxyl groups is 1. The lowest BCUT2D eigenvalue weighted by molar-refractivity contribution is 0.0733. The summed E-state index contributed by atoms with van der Waals surface area (Å²) in [4.78, 5) is 6.33. The Morgan fingerprint density at radius 2 is 1.97 bits per heavy atom. The molecule has 1 aliphatic carbocycles. The van der Waals surface area contributed by atoms with Crippen molar-refractivity contribution in [3.63, 3.8) is 0 Å². The van der Waals surface area contributed by atoms with E-state index >= 15 is 0 Å². The Morgan fingerprint density at radius 3 is 2.71 bits per heavy atom. The summed E-state index contributed by atoms with van der Waals surface area (Å²) in [5.74, 6) is -0.306. The largest absolute Gasteiger partial charge is 0.391 e. The fourth-order valence-electron chi connectivity index (χ4n) is 5.94. The van der Waals surface area contributed by atoms with Crippen LogP contribution in [-0.2, 0) is 21.2 Å². The Bertz CT molecular complexity index is 1490. The quantitative estimate of drug-likeness (QED) is 0.514. The number of anilines is 1. The van der Waals surface area contributed by atoms with Gasteiger partial charge in [0.1, 0.15) is 10.7 Å². The summed E-state index contributed by atoms with van der Waals surface area (Å²) in [7, 11) is -2.18. The smallest absolute Gasteiger partial charge is 0.244 e. The highest BCUT2D eigenvalue weighted by atomic mass is 32.2. The number of halogens is 1. The van der Waals surface area contributed by atoms with Crippen molar-refractivity contribution in [3.05, 3.63) is 71.6 Å². The monoisotopic (exact) mass is 539 g/mol. The fourth-order valence-corrected chi connectivity index (χ4v) is 7.45. The molecule has 2 saturated heterocycles. The van der Waals surface area contributed by atoms with Crippen molar-refractivity contribution in [3.8, 4) is 5.69 Å². The second kappa shape index (κ2) is 9.57. The van der Waals surface area contributed by atoms with E-state index in [4.69, 9.17) is 4.74 Å². The number of piperidine rings is 1. The highest BCUT2D eigenvalue weighted by Gasteiger charge is 2.46. The Labute approximate surface area is 221 Å². The van der Waals surface area contributed by atoms with Gasteiger partial charge in [-0.15, -0.1) is 0 Å². The molecular weight excluding hydrogens is 509 g/mol. The molecule has 9 nitrogen and oxygen atoms in total. The van der Waals surface area contributed by atoms with E-state index in [2.05, 4.69) is 16.2 Å². The summed E-state index contributed by atoms with van der Waals surface area (Å²) in [6.07, 6.45) is 8.31. The molecule has 3 aliphatic rings. The Hall–Kier alpha value is -3.12. The summed E-state index contributed by atoms with van der Waals surface area (Å²) >= 11 is 0. The lowest BCUT2D eigenvalue weighted by Gasteiger charge is -2.45. The van der Waals surface area contributed by atoms with Gasteiger partial charge >= 0.3 is 0 Å². The first-order valence-electron chi connectivity index (χ1n) is 12.7. The van der Waals surface area contributed by atoms with Gasteiger partial charge < -0.3 is 14.7 Å². The fraction of sp³-hybridized carbons (Fsp3) is 0.407. The number of rotatable bonds is 6. The zero-order valence-electron chi connectivity index (χ0n) is 21.1. The second-order valence-electron chi connectivity index (χ2n) is 10.4. The van der Waals surface area contributed by atoms with Crippen molar-refractivity contribution in [1.82, 2.24) is 19.1 Å². The van der Waals surface area contributed by atoms with Crippen molar-refractivity contribution in [2.24, 2.45) is 5.41 Å². The molecule has 6 rings (SSSR count). The van der Waals surface area contributed by atoms with Crippen LogP contribution in [-0.4, -0.2) is 78.6 Å². The summed E-state index contributed by atoms with van der Waals surface area (Å²) < 4.78 is 50.1. The average molecular weight is 540 g/mol. The molecule has 0 radical (unpaired) electrons. The molecule has 0 unspecified atom stereocenters. The van der Waals surface area contributed by atoms with Crippen LogP contribution in [0.25, 0.3) is 11.8 Å². The number of methoxy groups -OCH3 is 1. The van der Waals surface area contributed by atoms with Crippen LogP contribution in [0, 0.1) is 11.2 Å². The molecule has 4 heterocycles. The third-order valence-corrected chi connectivity index (χ3v) is 9.68. The summed E-state index contributed by atoms with van der Waals surface area (Å²) in [6.45, 7) is 2.12. The number of nitrogens with zero attached hydrogens (tertiary/aromatic N) is 5. The summed E-state index contributed by atoms with van der Waals surface area (Å²) in [5.41, 5.74) is 3.99. The number of hydrogen-bond acceptors (Lipinski definition) is 7. The van der Waals surface area contributed by atoms with Crippen LogP contribution in [0.1, 0.15) is 24.1 Å². The van der Waals surface area contributed by atoms with E-state index in [-0.39, 0.29) is 17.3 Å². The van der Waals surface area contributed by atoms with E-state index in [9.17, 15) is 17.9 Å². The summed E-state index contributed by atoms with van der Waals surface area (Å²) in [5, 5.41) is 14.5. The standard InChI is InChI=1S/C27H30FN5O4S/c1-37-18-27-12-19-13-30-33(22-4-2-21(28)3-5-22)26(19)10-20(27)6-9-32(17-27)38(35,36)25-11-23(14-29-15-25)31-8-7-24(34)16-31/h2-5,10-11,13-15,24,34H,6-9,12,16-18H2,1H3/t24-,27-/m1/s1. The number of aliphatic hydroxyl groups excluding tert-OH is 1. The highest BCUT2D eigenvalue weighted by Crippen LogP contribution is 2.45. The zero-order chi connectivity index (χ0) is 26.5. The molecular formula is C27H30FN5O4S. The molecule has 0 spiro atoms. The van der Waals surface area contributed by atoms with E-state index in [1.54, 1.807) is 46.7 Å². The molecule has 200 valence electrons. The maximum atomic E-state index is 13.8. The Balaban J connectivity index is 1.30. The van der Waals surface area contributed by atoms with E-state index in [1.165, 1.54) is 18.3 Å². The number of sulfonamides is 1. The van der Waals surface area contributed by atoms with Crippen LogP contribution in [0.2, 0.25) is 0 Å². The minimum Gasteiger partial charge on any atom is -0.391 e. The molecule has 2 aromatic heterocycles. The predicted octanol–water partition coefficient (Wildman–Crippen LogP) is 2.64. The van der Waals surface area contributed by atoms with Gasteiger partial charge in [-0.3, -0.25) is 4.98 Å². The van der Waals surface area contributed by atoms with Crippen LogP contribution in [0.4, 0.5) is 10.1 Å². The van der Waals surface area contributed by atoms with Gasteiger partial charge in [0.15, 0.2) is 0 Å². The van der Waals surface area contributed by atoms with Crippen molar-refractivity contribution >= 4 is 21.8 Å². The van der Waals surface area contributed by atoms with Gasteiger partial charge in [-0.25, -0.2) is 17.5 Å². The highest BCUT2D eigenvalue weighted by molar-refractivity contribution is 7.89. The molecule has 0 bridgehead atoms. The van der Waals surface area contributed by atoms with Crippen LogP contribution in [0.15, 0.2) is 59.4 Å². The molecule has 2 fully saturated rings. The van der Waals surface area contributed by atoms with Crippen molar-refractivity contribution in [2.45, 2.75) is 30.3 Å². The predicted molar refractivity (Wildman–Crippen MR) is 140 cm³/mol. The van der Waals surface area contributed by atoms with Gasteiger partial charge in [0.25, 0.3) is 0 Å². The molecule has 3 aromatic rings. The van der Waals surface area contributed by atoms with Crippen LogP contribution in [0.3, 0.4) is 0 Å². The first kappa shape index (κ1) is 25.2. The first-order chi connectivity index (χ1) is 18.3. The van der Waals surface area contributed by atoms with Gasteiger partial charge in [-0.05, 0) is 61.2 Å². The molecule has 11 heteroatoms. The van der Waals surface area contributed by atoms with Gasteiger partial charge in [0.2, 0.25) is 10.0 Å². The minimum atomic E-state index is -3.81. The number of β-amino-alcohol motifs (C(OH)–C–C–N with tert-alkyl or cyclic N) is 1. The third-order valence-electron chi connectivity index (χ3n) is 7.87. The average Bonchev–Trinajstić information content (AvgIpc) is 3.53. The normalized spacial score (nSPS) is 23.7. The maximum Gasteiger partial charge on any atom is 0.244 e. The lowest BCUT2D eigenvalue weighted by Crippen LogP contribution is -2.51. The van der Waals surface area contributed by atoms with Gasteiger partial charge in [0, 0.05) is 44.9 Å². The van der Waals surface area contributed by atoms with Gasteiger partial charge in [-0.1, -0.05) is 5.57 Å². The molecule has 1 N–H and O–H groups in total. The van der Waals surface area contributed by atoms with Crippen LogP contribution >= 0.6 is 0 Å². The molecule has 2 aliphatic heterocycles. The van der Waals surface area contributed by atoms with E-state index in [0.717, 1.165) is 22.5 Å². The van der Waals surface area contributed by atoms with Crippen molar-refractivity contribution < 1.29 is 22.7 Å². The van der Waals surface area contributed by atoms with E-state index < -0.39 is 21.5 Å². The molecule has 0 saturated carbocycles. The zero-order valence-corrected chi connectivity index (χ0v) is 21.9. The molecule has 1 aromatic carbocycles. The van der Waals surface area contributed by atoms with Crippen molar-refractivity contribution in [1.29, 1.82) is 0 Å². The molecule has 2 atom stereocenters. The van der Waals surface area contributed by atoms with Gasteiger partial charge in [0.05, 0.1) is 42.2 Å². The topological polar surface area (TPSA) is 101 Å². The third kappa shape index (κ3) is 4.33. The first-order valence-corrected chi connectivity index (χ1v) is 14.1. The van der Waals surface area contributed by atoms with E-state index in [1.807, 2.05) is 4.90 Å². The van der Waals surface area contributed by atoms with Crippen LogP contribution < -0.4 is 4.90 Å². The number of benzene rings is 1. The van der Waals surface area contributed by atoms with Crippen molar-refractivity contribution in [2.75, 3.05) is 44.8 Å². The lowest BCUT2D eigenvalue weighted by atomic mass is 9.69. The number of ether oxygens (including phenoxy) is 1. The molecule has 0 amide bonds. The SMILES string of the molecule is COC[C@]12Cc3cnn(-c4ccc(F)cc4)c3C=C1CCN(S(=O)(=O)c1cncc(N3CC[C@@H](O)C3)c1)C2. The molecule has 38 heavy (non-hydrogen) atoms. The maximum absolute atomic E-state index is 13.8.